The second-order valence-electron chi connectivity index (χ2n) is 6.67. The van der Waals surface area contributed by atoms with Crippen LogP contribution in [0.25, 0.3) is 11.3 Å². The summed E-state index contributed by atoms with van der Waals surface area (Å²) >= 11 is 0. The summed E-state index contributed by atoms with van der Waals surface area (Å²) in [6.07, 6.45) is 5.50. The second-order valence-corrected chi connectivity index (χ2v) is 6.67. The fourth-order valence-corrected chi connectivity index (χ4v) is 3.03. The van der Waals surface area contributed by atoms with Crippen molar-refractivity contribution in [3.63, 3.8) is 0 Å². The Balaban J connectivity index is 1.51. The quantitative estimate of drug-likeness (QED) is 0.854. The fourth-order valence-electron chi connectivity index (χ4n) is 3.03. The van der Waals surface area contributed by atoms with Gasteiger partial charge in [-0.1, -0.05) is 37.3 Å². The van der Waals surface area contributed by atoms with E-state index in [0.717, 1.165) is 30.3 Å². The van der Waals surface area contributed by atoms with Crippen LogP contribution in [0.2, 0.25) is 0 Å². The predicted molar refractivity (Wildman–Crippen MR) is 96.8 cm³/mol. The molecule has 1 aromatic carbocycles. The van der Waals surface area contributed by atoms with Crippen LogP contribution in [0.5, 0.6) is 0 Å². The number of nitrogens with one attached hydrogen (secondary N) is 1. The molecule has 0 bridgehead atoms. The van der Waals surface area contributed by atoms with Crippen molar-refractivity contribution < 1.29 is 5.11 Å². The molecular weight excluding hydrogens is 300 g/mol. The van der Waals surface area contributed by atoms with E-state index in [2.05, 4.69) is 27.1 Å². The Morgan fingerprint density at radius 1 is 1.21 bits per heavy atom. The van der Waals surface area contributed by atoms with Crippen molar-refractivity contribution in [1.29, 1.82) is 0 Å². The van der Waals surface area contributed by atoms with Gasteiger partial charge in [-0.15, -0.1) is 0 Å². The van der Waals surface area contributed by atoms with Gasteiger partial charge in [0.25, 0.3) is 0 Å². The first-order valence-electron chi connectivity index (χ1n) is 8.72. The maximum absolute atomic E-state index is 10.3. The monoisotopic (exact) mass is 326 g/mol. The molecule has 5 heteroatoms. The summed E-state index contributed by atoms with van der Waals surface area (Å²) in [7, 11) is 0. The summed E-state index contributed by atoms with van der Waals surface area (Å²) in [6.45, 7) is 5.67. The van der Waals surface area contributed by atoms with Crippen LogP contribution in [0.15, 0.2) is 42.7 Å². The largest absolute Gasteiger partial charge is 0.390 e. The molecule has 1 aromatic heterocycles. The highest BCUT2D eigenvalue weighted by Gasteiger charge is 2.18. The lowest BCUT2D eigenvalue weighted by atomic mass is 9.99. The van der Waals surface area contributed by atoms with Crippen molar-refractivity contribution in [1.82, 2.24) is 14.9 Å². The summed E-state index contributed by atoms with van der Waals surface area (Å²) in [4.78, 5) is 11.2. The van der Waals surface area contributed by atoms with Gasteiger partial charge in [0, 0.05) is 18.7 Å². The molecule has 0 aliphatic carbocycles. The van der Waals surface area contributed by atoms with Crippen LogP contribution >= 0.6 is 0 Å². The number of aliphatic hydroxyl groups excluding tert-OH is 1. The van der Waals surface area contributed by atoms with Crippen LogP contribution in [-0.2, 0) is 0 Å². The zero-order valence-electron chi connectivity index (χ0n) is 14.2. The lowest BCUT2D eigenvalue weighted by molar-refractivity contribution is 0.0989. The van der Waals surface area contributed by atoms with E-state index in [9.17, 15) is 5.11 Å². The highest BCUT2D eigenvalue weighted by molar-refractivity contribution is 5.59. The maximum atomic E-state index is 10.3. The van der Waals surface area contributed by atoms with Gasteiger partial charge < -0.3 is 15.3 Å². The zero-order valence-corrected chi connectivity index (χ0v) is 14.2. The van der Waals surface area contributed by atoms with Gasteiger partial charge in [0.05, 0.1) is 24.2 Å². The average Bonchev–Trinajstić information content (AvgIpc) is 2.63. The molecule has 2 N–H and O–H groups in total. The number of β-amino-alcohol motifs (C(OH)–C–C–N with tert-alkyl or cyclic N) is 1. The van der Waals surface area contributed by atoms with Crippen LogP contribution in [0, 0.1) is 5.92 Å². The van der Waals surface area contributed by atoms with Crippen molar-refractivity contribution in [2.45, 2.75) is 25.9 Å². The van der Waals surface area contributed by atoms with Gasteiger partial charge in [-0.25, -0.2) is 4.98 Å². The van der Waals surface area contributed by atoms with E-state index >= 15 is 0 Å². The smallest absolute Gasteiger partial charge is 0.145 e. The van der Waals surface area contributed by atoms with Gasteiger partial charge in [-0.05, 0) is 31.8 Å². The average molecular weight is 326 g/mol. The molecule has 5 nitrogen and oxygen atoms in total. The summed E-state index contributed by atoms with van der Waals surface area (Å²) < 4.78 is 0. The number of rotatable bonds is 6. The molecule has 2 heterocycles. The zero-order chi connectivity index (χ0) is 16.8. The molecule has 0 spiro atoms. The second kappa shape index (κ2) is 8.22. The molecule has 0 unspecified atom stereocenters. The number of hydrogen-bond donors (Lipinski definition) is 2. The predicted octanol–water partition coefficient (Wildman–Crippen LogP) is 2.65. The van der Waals surface area contributed by atoms with Crippen molar-refractivity contribution in [2.24, 2.45) is 5.92 Å². The molecule has 24 heavy (non-hydrogen) atoms. The van der Waals surface area contributed by atoms with Gasteiger partial charge in [-0.2, -0.15) is 0 Å². The van der Waals surface area contributed by atoms with Crippen molar-refractivity contribution in [3.05, 3.63) is 42.7 Å². The fraction of sp³-hybridized carbons (Fsp3) is 0.474. The molecule has 3 rings (SSSR count). The molecule has 0 saturated carbocycles. The minimum absolute atomic E-state index is 0.402. The van der Waals surface area contributed by atoms with E-state index in [0.29, 0.717) is 18.9 Å². The van der Waals surface area contributed by atoms with E-state index in [-0.39, 0.29) is 0 Å². The van der Waals surface area contributed by atoms with E-state index in [4.69, 9.17) is 0 Å². The minimum atomic E-state index is -0.402. The maximum Gasteiger partial charge on any atom is 0.145 e. The van der Waals surface area contributed by atoms with Crippen molar-refractivity contribution in [2.75, 3.05) is 31.5 Å². The summed E-state index contributed by atoms with van der Waals surface area (Å²) in [5.74, 6) is 1.51. The number of likely N-dealkylation sites (tertiary alicyclic amines) is 1. The van der Waals surface area contributed by atoms with Crippen molar-refractivity contribution >= 4 is 5.82 Å². The molecule has 1 atom stereocenters. The number of benzene rings is 1. The molecule has 128 valence electrons. The van der Waals surface area contributed by atoms with Crippen molar-refractivity contribution in [3.8, 4) is 11.3 Å². The molecule has 0 radical (unpaired) electrons. The van der Waals surface area contributed by atoms with Gasteiger partial charge >= 0.3 is 0 Å². The SMILES string of the molecule is CC1CCN(C[C@H](O)CNc2cncc(-c3ccccc3)n2)CC1. The van der Waals surface area contributed by atoms with Gasteiger partial charge in [0.1, 0.15) is 5.82 Å². The normalized spacial score (nSPS) is 17.6. The third-order valence-electron chi connectivity index (χ3n) is 4.57. The molecule has 1 aliphatic heterocycles. The Bertz CT molecular complexity index is 626. The van der Waals surface area contributed by atoms with Gasteiger partial charge in [0.15, 0.2) is 0 Å². The summed E-state index contributed by atoms with van der Waals surface area (Å²) in [5, 5.41) is 13.5. The van der Waals surface area contributed by atoms with Crippen LogP contribution in [0.3, 0.4) is 0 Å². The minimum Gasteiger partial charge on any atom is -0.390 e. The first kappa shape index (κ1) is 16.9. The highest BCUT2D eigenvalue weighted by atomic mass is 16.3. The highest BCUT2D eigenvalue weighted by Crippen LogP contribution is 2.17. The topological polar surface area (TPSA) is 61.3 Å². The van der Waals surface area contributed by atoms with E-state index in [1.54, 1.807) is 12.4 Å². The Morgan fingerprint density at radius 3 is 2.71 bits per heavy atom. The summed E-state index contributed by atoms with van der Waals surface area (Å²) in [6, 6.07) is 9.98. The van der Waals surface area contributed by atoms with E-state index in [1.165, 1.54) is 12.8 Å². The lowest BCUT2D eigenvalue weighted by Gasteiger charge is -2.31. The molecule has 0 amide bonds. The number of hydrogen-bond acceptors (Lipinski definition) is 5. The van der Waals surface area contributed by atoms with Gasteiger partial charge in [-0.3, -0.25) is 4.98 Å². The molecule has 1 aliphatic rings. The molecule has 1 saturated heterocycles. The molecule has 1 fully saturated rings. The van der Waals surface area contributed by atoms with Crippen LogP contribution in [-0.4, -0.2) is 52.3 Å². The first-order chi connectivity index (χ1) is 11.7. The van der Waals surface area contributed by atoms with E-state index in [1.807, 2.05) is 30.3 Å². The van der Waals surface area contributed by atoms with Crippen LogP contribution < -0.4 is 5.32 Å². The number of aliphatic hydroxyl groups is 1. The number of nitrogens with zero attached hydrogens (tertiary/aromatic N) is 3. The number of aromatic nitrogens is 2. The van der Waals surface area contributed by atoms with Gasteiger partial charge in [0.2, 0.25) is 0 Å². The number of anilines is 1. The first-order valence-corrected chi connectivity index (χ1v) is 8.72. The van der Waals surface area contributed by atoms with Crippen LogP contribution in [0.4, 0.5) is 5.82 Å². The molecular formula is C19H26N4O. The third kappa shape index (κ3) is 4.76. The number of piperidine rings is 1. The standard InChI is InChI=1S/C19H26N4O/c1-15-7-9-23(10-8-15)14-17(24)11-21-19-13-20-12-18(22-19)16-5-3-2-4-6-16/h2-6,12-13,15,17,24H,7-11,14H2,1H3,(H,21,22)/t17-/m1/s1. The third-order valence-corrected chi connectivity index (χ3v) is 4.57. The van der Waals surface area contributed by atoms with Crippen LogP contribution in [0.1, 0.15) is 19.8 Å². The molecule has 2 aromatic rings. The Hall–Kier alpha value is -1.98. The van der Waals surface area contributed by atoms with E-state index < -0.39 is 6.10 Å². The Morgan fingerprint density at radius 2 is 1.96 bits per heavy atom. The lowest BCUT2D eigenvalue weighted by Crippen LogP contribution is -2.40. The Labute approximate surface area is 143 Å². The Kier molecular flexibility index (Phi) is 5.77. The summed E-state index contributed by atoms with van der Waals surface area (Å²) in [5.41, 5.74) is 1.87.